The predicted molar refractivity (Wildman–Crippen MR) is 390 cm³/mol. The zero-order valence-electron chi connectivity index (χ0n) is 65.7. The van der Waals surface area contributed by atoms with E-state index in [-0.39, 0.29) is 122 Å². The Bertz CT molecular complexity index is 3250. The molecule has 7 rings (SSSR count). The highest BCUT2D eigenvalue weighted by atomic mass is 35.5. The Morgan fingerprint density at radius 3 is 1.87 bits per heavy atom. The molecule has 1 spiro atoms. The van der Waals surface area contributed by atoms with Crippen molar-refractivity contribution in [2.75, 3.05) is 89.2 Å². The molecule has 7 aliphatic rings. The SMILES string of the molecule is CCC[C@H]1C(=O)N[C@@H]([C@@H](C)CC)C(=O)N(C)CC(=O)N(C)[C@H]2C/C=C\CCN(C2=O)[C@@H](CC2CCC(C(F)(F)F)CC2)C(=O)N(C)CC(=O)N[C@@H](CCC2CCC(Cl)C(C(F)(F)F)C2)C(=O)N2C[C@H](OCC)C[C@H]2C(=O)NC2(CC(C)(C)C2)C(=O)N(C)[C@@H](C2CCCC2)C(=O)N(C)[C@H](C(=O)N(C)C)CC(=O)N1C. The summed E-state index contributed by atoms with van der Waals surface area (Å²) in [6.07, 6.45) is -4.93. The van der Waals surface area contributed by atoms with Crippen molar-refractivity contribution in [3.05, 3.63) is 12.2 Å². The van der Waals surface area contributed by atoms with E-state index >= 15 is 28.8 Å². The number of alkyl halides is 7. The second kappa shape index (κ2) is 37.5. The van der Waals surface area contributed by atoms with Crippen LogP contribution in [-0.4, -0.2) is 282 Å². The van der Waals surface area contributed by atoms with Gasteiger partial charge in [0.15, 0.2) is 0 Å². The Balaban J connectivity index is 1.34. The van der Waals surface area contributed by atoms with Gasteiger partial charge in [0.05, 0.1) is 37.5 Å². The molecule has 3 heterocycles. The summed E-state index contributed by atoms with van der Waals surface area (Å²) in [6.45, 7) is 9.13. The fourth-order valence-corrected chi connectivity index (χ4v) is 18.1. The van der Waals surface area contributed by atoms with Gasteiger partial charge in [-0.1, -0.05) is 72.5 Å². The lowest BCUT2D eigenvalue weighted by Gasteiger charge is -2.54. The third-order valence-corrected chi connectivity index (χ3v) is 24.7. The average Bonchev–Trinajstić information content (AvgIpc) is 0.918. The Morgan fingerprint density at radius 2 is 1.29 bits per heavy atom. The van der Waals surface area contributed by atoms with E-state index in [1.165, 1.54) is 80.9 Å². The van der Waals surface area contributed by atoms with E-state index in [1.807, 2.05) is 13.8 Å². The van der Waals surface area contributed by atoms with E-state index in [1.54, 1.807) is 39.8 Å². The molecular weight excluding hydrogens is 1440 g/mol. The molecule has 6 fully saturated rings. The number of fused-ring (bicyclic) bond motifs is 3. The molecule has 0 radical (unpaired) electrons. The number of nitrogens with zero attached hydrogens (tertiary/aromatic N) is 9. The molecule has 0 aromatic heterocycles. The highest BCUT2D eigenvalue weighted by molar-refractivity contribution is 6.20. The van der Waals surface area contributed by atoms with Gasteiger partial charge in [0.2, 0.25) is 70.9 Å². The monoisotopic (exact) mass is 1560 g/mol. The van der Waals surface area contributed by atoms with Gasteiger partial charge in [-0.15, -0.1) is 11.6 Å². The summed E-state index contributed by atoms with van der Waals surface area (Å²) in [5.41, 5.74) is -2.28. The number of hydrogen-bond acceptors (Lipinski definition) is 13. The minimum Gasteiger partial charge on any atom is -0.377 e. The first-order valence-corrected chi connectivity index (χ1v) is 39.3. The lowest BCUT2D eigenvalue weighted by molar-refractivity contribution is -0.185. The number of nitrogens with one attached hydrogen (secondary N) is 3. The van der Waals surface area contributed by atoms with Gasteiger partial charge in [-0.05, 0) is 145 Å². The zero-order chi connectivity index (χ0) is 80.4. The van der Waals surface area contributed by atoms with Crippen LogP contribution in [0.4, 0.5) is 26.3 Å². The van der Waals surface area contributed by atoms with Crippen molar-refractivity contribution in [2.45, 2.75) is 267 Å². The number of rotatable bonds is 13. The lowest BCUT2D eigenvalue weighted by atomic mass is 9.58. The second-order valence-electron chi connectivity index (χ2n) is 32.9. The van der Waals surface area contributed by atoms with E-state index in [4.69, 9.17) is 16.3 Å². The van der Waals surface area contributed by atoms with Crippen molar-refractivity contribution in [3.63, 3.8) is 0 Å². The Hall–Kier alpha value is -6.79. The summed E-state index contributed by atoms with van der Waals surface area (Å²) in [7, 11) is 11.1. The minimum absolute atomic E-state index is 0.000262. The standard InChI is InChI=1S/C76H119ClF6N12O13/c1-15-23-54-64(99)85-62(45(4)16-2)70(105)89(10)42-61(98)91(12)55-26-19-18-22-35-94(69(55)104)58(37-47-27-31-49(32-28-47)75(78,79)80)68(103)88(9)41-59(96)84-53(34-30-46-29-33-52(77)51(36-46)76(81,82)83)66(101)95-40-50(108-17-3)38-56(95)65(100)86-74(43-73(5,6)44-74)72(107)93(14)63(48-24-20-21-25-48)71(106)92(13)57(67(102)87(7)8)39-60(97)90(54)11/h18-19,45-58,62-63H,15-17,20-44H2,1-14H3,(H,84,96)(H,85,99)(H,86,100)/b19-18-/t45-,46?,47?,49?,50+,51?,52?,53-,54-,55-,56-,57-,58-,62-,63-/m0/s1. The van der Waals surface area contributed by atoms with Gasteiger partial charge in [-0.25, -0.2) is 0 Å². The van der Waals surface area contributed by atoms with Gasteiger partial charge < -0.3 is 64.8 Å². The highest BCUT2D eigenvalue weighted by Gasteiger charge is 2.60. The first-order valence-electron chi connectivity index (χ1n) is 38.8. The van der Waals surface area contributed by atoms with Gasteiger partial charge in [0, 0.05) is 87.9 Å². The summed E-state index contributed by atoms with van der Waals surface area (Å²) < 4.78 is 92.0. The van der Waals surface area contributed by atoms with E-state index in [2.05, 4.69) is 16.0 Å². The van der Waals surface area contributed by atoms with Crippen LogP contribution in [0.2, 0.25) is 0 Å². The van der Waals surface area contributed by atoms with Crippen LogP contribution in [0.3, 0.4) is 0 Å². The third-order valence-electron chi connectivity index (χ3n) is 24.1. The Kier molecular flexibility index (Phi) is 30.7. The molecule has 12 amide bonds. The fourth-order valence-electron chi connectivity index (χ4n) is 17.8. The minimum atomic E-state index is -4.65. The molecule has 4 aliphatic carbocycles. The number of ether oxygens (including phenoxy) is 1. The van der Waals surface area contributed by atoms with E-state index < -0.39 is 209 Å². The normalized spacial score (nSPS) is 31.7. The molecule has 108 heavy (non-hydrogen) atoms. The fraction of sp³-hybridized carbons (Fsp3) is 0.816. The molecule has 3 unspecified atom stereocenters. The molecule has 0 aromatic rings. The predicted octanol–water partition coefficient (Wildman–Crippen LogP) is 7.06. The molecule has 4 saturated carbocycles. The maximum Gasteiger partial charge on any atom is 0.393 e. The summed E-state index contributed by atoms with van der Waals surface area (Å²) >= 11 is 6.28. The molecule has 2 bridgehead atoms. The molecular formula is C76H119ClF6N12O13. The molecule has 0 aromatic carbocycles. The van der Waals surface area contributed by atoms with E-state index in [0.717, 1.165) is 19.6 Å². The number of carbonyl (C=O) groups is 12. The molecule has 25 nitrogen and oxygen atoms in total. The van der Waals surface area contributed by atoms with Crippen LogP contribution < -0.4 is 16.0 Å². The van der Waals surface area contributed by atoms with Crippen molar-refractivity contribution in [1.29, 1.82) is 0 Å². The Labute approximate surface area is 637 Å². The van der Waals surface area contributed by atoms with Crippen LogP contribution in [0.1, 0.15) is 189 Å². The quantitative estimate of drug-likeness (QED) is 0.0947. The molecule has 3 N–H and O–H groups in total. The molecule has 13 atom stereocenters. The number of carbonyl (C=O) groups excluding carboxylic acids is 12. The van der Waals surface area contributed by atoms with Gasteiger partial charge in [0.25, 0.3) is 0 Å². The van der Waals surface area contributed by atoms with Crippen LogP contribution >= 0.6 is 11.6 Å². The molecule has 32 heteroatoms. The van der Waals surface area contributed by atoms with Gasteiger partial charge in [-0.3, -0.25) is 57.5 Å². The maximum atomic E-state index is 15.8. The third kappa shape index (κ3) is 21.5. The number of hydrogen-bond donors (Lipinski definition) is 3. The van der Waals surface area contributed by atoms with Crippen molar-refractivity contribution >= 4 is 82.5 Å². The van der Waals surface area contributed by atoms with Crippen molar-refractivity contribution in [3.8, 4) is 0 Å². The van der Waals surface area contributed by atoms with Crippen LogP contribution in [0.25, 0.3) is 0 Å². The average molecular weight is 1560 g/mol. The van der Waals surface area contributed by atoms with Gasteiger partial charge >= 0.3 is 12.4 Å². The first-order chi connectivity index (χ1) is 50.5. The first kappa shape index (κ1) is 88.4. The largest absolute Gasteiger partial charge is 0.393 e. The van der Waals surface area contributed by atoms with Crippen molar-refractivity contribution in [1.82, 2.24) is 60.0 Å². The van der Waals surface area contributed by atoms with Crippen LogP contribution in [0.15, 0.2) is 12.2 Å². The highest BCUT2D eigenvalue weighted by Crippen LogP contribution is 2.50. The second-order valence-corrected chi connectivity index (χ2v) is 33.4. The van der Waals surface area contributed by atoms with Crippen molar-refractivity contribution < 1.29 is 88.6 Å². The molecule has 610 valence electrons. The lowest BCUT2D eigenvalue weighted by Crippen LogP contribution is -2.71. The summed E-state index contributed by atoms with van der Waals surface area (Å²) in [4.78, 5) is 192. The van der Waals surface area contributed by atoms with Crippen molar-refractivity contribution in [2.24, 2.45) is 40.9 Å². The topological polar surface area (TPSA) is 279 Å². The smallest absolute Gasteiger partial charge is 0.377 e. The number of halogens is 7. The summed E-state index contributed by atoms with van der Waals surface area (Å²) in [5, 5.41) is 7.42. The van der Waals surface area contributed by atoms with Crippen LogP contribution in [0, 0.1) is 40.9 Å². The number of amides is 12. The van der Waals surface area contributed by atoms with Gasteiger partial charge in [0.1, 0.15) is 53.9 Å². The van der Waals surface area contributed by atoms with Crippen LogP contribution in [0.5, 0.6) is 0 Å². The van der Waals surface area contributed by atoms with E-state index in [9.17, 15) is 55.1 Å². The molecule has 2 saturated heterocycles. The summed E-state index contributed by atoms with van der Waals surface area (Å²) in [6, 6.07) is -11.0. The van der Waals surface area contributed by atoms with Crippen LogP contribution in [-0.2, 0) is 62.3 Å². The zero-order valence-corrected chi connectivity index (χ0v) is 66.4. The number of likely N-dealkylation sites (N-methyl/N-ethyl adjacent to an activating group) is 7. The summed E-state index contributed by atoms with van der Waals surface area (Å²) in [5.74, 6) is -14.7. The maximum absolute atomic E-state index is 15.8. The van der Waals surface area contributed by atoms with Gasteiger partial charge in [-0.2, -0.15) is 26.3 Å². The molecule has 3 aliphatic heterocycles. The Morgan fingerprint density at radius 1 is 0.657 bits per heavy atom. The van der Waals surface area contributed by atoms with E-state index in [0.29, 0.717) is 38.5 Å².